The minimum absolute atomic E-state index is 0.0409. The van der Waals surface area contributed by atoms with Gasteiger partial charge in [0.15, 0.2) is 6.54 Å². The Labute approximate surface area is 112 Å². The van der Waals surface area contributed by atoms with Gasteiger partial charge in [-0.15, -0.1) is 0 Å². The van der Waals surface area contributed by atoms with E-state index in [1.54, 1.807) is 25.3 Å². The number of hydrogen-bond donors (Lipinski definition) is 3. The first-order valence-electron chi connectivity index (χ1n) is 6.33. The summed E-state index contributed by atoms with van der Waals surface area (Å²) in [7, 11) is 1.56. The van der Waals surface area contributed by atoms with E-state index in [0.717, 1.165) is 13.1 Å². The van der Waals surface area contributed by atoms with Gasteiger partial charge in [-0.3, -0.25) is 4.79 Å². The van der Waals surface area contributed by atoms with Gasteiger partial charge in [0.2, 0.25) is 0 Å². The van der Waals surface area contributed by atoms with Crippen LogP contribution in [0.3, 0.4) is 0 Å². The molecule has 1 fully saturated rings. The van der Waals surface area contributed by atoms with E-state index in [1.165, 1.54) is 4.90 Å². The Hall–Kier alpha value is -1.79. The van der Waals surface area contributed by atoms with Crippen LogP contribution in [0, 0.1) is 0 Å². The van der Waals surface area contributed by atoms with E-state index in [4.69, 9.17) is 15.2 Å². The normalized spacial score (nSPS) is 16.1. The van der Waals surface area contributed by atoms with Gasteiger partial charge in [0.05, 0.1) is 26.0 Å². The Kier molecular flexibility index (Phi) is 4.59. The summed E-state index contributed by atoms with van der Waals surface area (Å²) in [6.07, 6.45) is 0. The number of nitrogen functional groups attached to an aromatic ring is 1. The number of quaternary nitrogens is 1. The van der Waals surface area contributed by atoms with Gasteiger partial charge in [0.25, 0.3) is 5.91 Å². The van der Waals surface area contributed by atoms with E-state index in [-0.39, 0.29) is 5.91 Å². The first-order valence-corrected chi connectivity index (χ1v) is 6.33. The number of rotatable bonds is 4. The summed E-state index contributed by atoms with van der Waals surface area (Å²) in [4.78, 5) is 13.2. The zero-order chi connectivity index (χ0) is 13.7. The van der Waals surface area contributed by atoms with Crippen molar-refractivity contribution in [1.29, 1.82) is 0 Å². The van der Waals surface area contributed by atoms with E-state index in [9.17, 15) is 4.79 Å². The summed E-state index contributed by atoms with van der Waals surface area (Å²) in [6, 6.07) is 5.18. The second kappa shape index (κ2) is 6.40. The summed E-state index contributed by atoms with van der Waals surface area (Å²) in [5.74, 6) is 0.570. The number of hydrogen-bond acceptors (Lipinski definition) is 4. The molecular weight excluding hydrogens is 246 g/mol. The van der Waals surface area contributed by atoms with Gasteiger partial charge in [0, 0.05) is 5.69 Å². The molecule has 19 heavy (non-hydrogen) atoms. The van der Waals surface area contributed by atoms with Gasteiger partial charge in [-0.25, -0.2) is 0 Å². The molecule has 0 bridgehead atoms. The van der Waals surface area contributed by atoms with Crippen molar-refractivity contribution in [2.45, 2.75) is 0 Å². The van der Waals surface area contributed by atoms with Crippen molar-refractivity contribution in [3.63, 3.8) is 0 Å². The van der Waals surface area contributed by atoms with E-state index >= 15 is 0 Å². The summed E-state index contributed by atoms with van der Waals surface area (Å²) in [5, 5.41) is 2.84. The van der Waals surface area contributed by atoms with E-state index < -0.39 is 0 Å². The SMILES string of the molecule is COc1ccc(N)cc1NC(=O)C[NH+]1CCOCC1. The molecule has 0 unspecified atom stereocenters. The number of morpholine rings is 1. The molecule has 1 aromatic rings. The van der Waals surface area contributed by atoms with Crippen LogP contribution in [0.5, 0.6) is 5.75 Å². The maximum Gasteiger partial charge on any atom is 0.279 e. The Morgan fingerprint density at radius 1 is 1.47 bits per heavy atom. The smallest absolute Gasteiger partial charge is 0.279 e. The first kappa shape index (κ1) is 13.6. The number of benzene rings is 1. The third kappa shape index (κ3) is 3.84. The highest BCUT2D eigenvalue weighted by atomic mass is 16.5. The summed E-state index contributed by atoms with van der Waals surface area (Å²) < 4.78 is 10.5. The molecule has 1 aliphatic rings. The number of carbonyl (C=O) groups excluding carboxylic acids is 1. The van der Waals surface area contributed by atoms with Crippen molar-refractivity contribution in [3.05, 3.63) is 18.2 Å². The molecule has 0 radical (unpaired) electrons. The molecule has 0 saturated carbocycles. The van der Waals surface area contributed by atoms with Gasteiger partial charge < -0.3 is 25.4 Å². The number of carbonyl (C=O) groups is 1. The summed E-state index contributed by atoms with van der Waals surface area (Å²) >= 11 is 0. The van der Waals surface area contributed by atoms with E-state index in [2.05, 4.69) is 5.32 Å². The molecule has 6 heteroatoms. The molecule has 1 amide bonds. The Balaban J connectivity index is 1.95. The Bertz CT molecular complexity index is 445. The first-order chi connectivity index (χ1) is 9.19. The van der Waals surface area contributed by atoms with E-state index in [1.807, 2.05) is 0 Å². The van der Waals surface area contributed by atoms with Crippen LogP contribution in [0.25, 0.3) is 0 Å². The van der Waals surface area contributed by atoms with Crippen molar-refractivity contribution in [3.8, 4) is 5.75 Å². The van der Waals surface area contributed by atoms with Gasteiger partial charge in [0.1, 0.15) is 18.8 Å². The van der Waals surface area contributed by atoms with Crippen molar-refractivity contribution in [2.24, 2.45) is 0 Å². The molecule has 1 heterocycles. The number of methoxy groups -OCH3 is 1. The molecule has 6 nitrogen and oxygen atoms in total. The predicted octanol–water partition coefficient (Wildman–Crippen LogP) is -0.869. The second-order valence-electron chi connectivity index (χ2n) is 4.55. The number of amides is 1. The van der Waals surface area contributed by atoms with E-state index in [0.29, 0.717) is 36.9 Å². The molecule has 1 aliphatic heterocycles. The fourth-order valence-corrected chi connectivity index (χ4v) is 2.08. The van der Waals surface area contributed by atoms with Crippen LogP contribution in [0.2, 0.25) is 0 Å². The Morgan fingerprint density at radius 3 is 2.89 bits per heavy atom. The average Bonchev–Trinajstić information content (AvgIpc) is 2.40. The van der Waals surface area contributed by atoms with Crippen molar-refractivity contribution < 1.29 is 19.2 Å². The quantitative estimate of drug-likeness (QED) is 0.619. The second-order valence-corrected chi connectivity index (χ2v) is 4.55. The van der Waals surface area contributed by atoms with Gasteiger partial charge in [-0.2, -0.15) is 0 Å². The van der Waals surface area contributed by atoms with Crippen molar-refractivity contribution >= 4 is 17.3 Å². The van der Waals surface area contributed by atoms with Crippen LogP contribution in [-0.4, -0.2) is 45.9 Å². The standard InChI is InChI=1S/C13H19N3O3/c1-18-12-3-2-10(14)8-11(12)15-13(17)9-16-4-6-19-7-5-16/h2-3,8H,4-7,9,14H2,1H3,(H,15,17)/p+1. The maximum atomic E-state index is 12.0. The molecule has 0 aromatic heterocycles. The molecule has 4 N–H and O–H groups in total. The molecule has 1 aromatic carbocycles. The highest BCUT2D eigenvalue weighted by Crippen LogP contribution is 2.26. The summed E-state index contributed by atoms with van der Waals surface area (Å²) in [5.41, 5.74) is 6.92. The lowest BCUT2D eigenvalue weighted by molar-refractivity contribution is -0.899. The molecule has 0 aliphatic carbocycles. The molecule has 2 rings (SSSR count). The zero-order valence-electron chi connectivity index (χ0n) is 11.1. The lowest BCUT2D eigenvalue weighted by atomic mass is 10.2. The minimum Gasteiger partial charge on any atom is -0.495 e. The monoisotopic (exact) mass is 266 g/mol. The lowest BCUT2D eigenvalue weighted by Crippen LogP contribution is -3.15. The van der Waals surface area contributed by atoms with Gasteiger partial charge in [-0.1, -0.05) is 0 Å². The summed E-state index contributed by atoms with van der Waals surface area (Å²) in [6.45, 7) is 3.58. The number of anilines is 2. The zero-order valence-corrected chi connectivity index (χ0v) is 11.1. The number of nitrogens with one attached hydrogen (secondary N) is 2. The fraction of sp³-hybridized carbons (Fsp3) is 0.462. The average molecular weight is 266 g/mol. The minimum atomic E-state index is -0.0409. The largest absolute Gasteiger partial charge is 0.495 e. The van der Waals surface area contributed by atoms with Crippen molar-refractivity contribution in [2.75, 3.05) is 51.0 Å². The molecule has 0 atom stereocenters. The third-order valence-electron chi connectivity index (χ3n) is 3.11. The number of nitrogens with two attached hydrogens (primary N) is 1. The lowest BCUT2D eigenvalue weighted by Gasteiger charge is -2.23. The molecule has 0 spiro atoms. The Morgan fingerprint density at radius 2 is 2.21 bits per heavy atom. The van der Waals surface area contributed by atoms with Gasteiger partial charge in [-0.05, 0) is 18.2 Å². The topological polar surface area (TPSA) is 78.0 Å². The fourth-order valence-electron chi connectivity index (χ4n) is 2.08. The van der Waals surface area contributed by atoms with Crippen LogP contribution in [0.4, 0.5) is 11.4 Å². The van der Waals surface area contributed by atoms with Crippen LogP contribution >= 0.6 is 0 Å². The molecular formula is C13H20N3O3+. The third-order valence-corrected chi connectivity index (χ3v) is 3.11. The molecule has 104 valence electrons. The maximum absolute atomic E-state index is 12.0. The van der Waals surface area contributed by atoms with Crippen LogP contribution < -0.4 is 20.7 Å². The highest BCUT2D eigenvalue weighted by Gasteiger charge is 2.18. The predicted molar refractivity (Wildman–Crippen MR) is 72.4 cm³/mol. The van der Waals surface area contributed by atoms with Crippen LogP contribution in [-0.2, 0) is 9.53 Å². The van der Waals surface area contributed by atoms with Gasteiger partial charge >= 0.3 is 0 Å². The number of ether oxygens (including phenoxy) is 2. The molecule has 1 saturated heterocycles. The van der Waals surface area contributed by atoms with Crippen molar-refractivity contribution in [1.82, 2.24) is 0 Å². The van der Waals surface area contributed by atoms with Crippen LogP contribution in [0.15, 0.2) is 18.2 Å². The van der Waals surface area contributed by atoms with Crippen LogP contribution in [0.1, 0.15) is 0 Å². The highest BCUT2D eigenvalue weighted by molar-refractivity contribution is 5.93.